The summed E-state index contributed by atoms with van der Waals surface area (Å²) in [5, 5.41) is 15.9. The van der Waals surface area contributed by atoms with Crippen molar-refractivity contribution in [2.24, 2.45) is 16.0 Å². The molecule has 0 spiro atoms. The van der Waals surface area contributed by atoms with Crippen LogP contribution < -0.4 is 14.2 Å². The van der Waals surface area contributed by atoms with Crippen LogP contribution in [0.4, 0.5) is 0 Å². The number of thioether (sulfide) groups is 1. The number of aliphatic imine (C=N–C) groups is 1. The third kappa shape index (κ3) is 5.99. The van der Waals surface area contributed by atoms with Gasteiger partial charge in [-0.3, -0.25) is 10.2 Å². The van der Waals surface area contributed by atoms with E-state index >= 15 is 0 Å². The quantitative estimate of drug-likeness (QED) is 0.305. The summed E-state index contributed by atoms with van der Waals surface area (Å²) in [5.41, 5.74) is 2.93. The average Bonchev–Trinajstić information content (AvgIpc) is 3.27. The van der Waals surface area contributed by atoms with Gasteiger partial charge in [-0.2, -0.15) is 15.1 Å². The number of fused-ring (bicyclic) bond motifs is 1. The Labute approximate surface area is 225 Å². The van der Waals surface area contributed by atoms with Crippen LogP contribution in [0.2, 0.25) is 5.02 Å². The number of hydrogen-bond acceptors (Lipinski definition) is 7. The highest BCUT2D eigenvalue weighted by molar-refractivity contribution is 8.27. The Hall–Kier alpha value is -3.30. The lowest BCUT2D eigenvalue weighted by molar-refractivity contribution is -0.114. The summed E-state index contributed by atoms with van der Waals surface area (Å²) < 4.78 is 17.5. The summed E-state index contributed by atoms with van der Waals surface area (Å²) in [6.45, 7) is 10.9. The Morgan fingerprint density at radius 1 is 1.11 bits per heavy atom. The Morgan fingerprint density at radius 2 is 1.86 bits per heavy atom. The topological polar surface area (TPSA) is 96.6 Å². The van der Waals surface area contributed by atoms with Crippen LogP contribution in [0.1, 0.15) is 37.5 Å². The molecule has 0 aromatic heterocycles. The number of amides is 1. The highest BCUT2D eigenvalue weighted by Crippen LogP contribution is 2.38. The first-order valence-electron chi connectivity index (χ1n) is 12.0. The van der Waals surface area contributed by atoms with Gasteiger partial charge >= 0.3 is 0 Å². The molecule has 2 aliphatic rings. The summed E-state index contributed by atoms with van der Waals surface area (Å²) in [7, 11) is 0. The van der Waals surface area contributed by atoms with Crippen LogP contribution in [-0.2, 0) is 4.79 Å². The van der Waals surface area contributed by atoms with E-state index in [0.717, 1.165) is 16.4 Å². The van der Waals surface area contributed by atoms with Crippen molar-refractivity contribution in [1.82, 2.24) is 5.01 Å². The number of carbonyl (C=O) groups excluding carboxylic acids is 1. The Kier molecular flexibility index (Phi) is 8.24. The number of aryl methyl sites for hydroxylation is 2. The third-order valence-electron chi connectivity index (χ3n) is 5.52. The molecule has 2 aliphatic heterocycles. The van der Waals surface area contributed by atoms with E-state index in [1.807, 2.05) is 46.8 Å². The molecule has 2 aromatic rings. The molecule has 0 atom stereocenters. The average molecular weight is 541 g/mol. The largest absolute Gasteiger partial charge is 0.490 e. The van der Waals surface area contributed by atoms with E-state index in [0.29, 0.717) is 40.5 Å². The summed E-state index contributed by atoms with van der Waals surface area (Å²) in [6, 6.07) is 9.40. The Balaban J connectivity index is 1.51. The summed E-state index contributed by atoms with van der Waals surface area (Å²) in [5.74, 6) is 1.27. The van der Waals surface area contributed by atoms with Crippen molar-refractivity contribution in [2.75, 3.05) is 19.8 Å². The number of benzene rings is 2. The molecule has 8 nitrogen and oxygen atoms in total. The molecule has 2 aromatic carbocycles. The van der Waals surface area contributed by atoms with Gasteiger partial charge < -0.3 is 14.2 Å². The SMILES string of the molecule is CCOc1cc(C=C2C(=N)N3N=C(C(C)C)SC3=NC2=O)cc(Cl)c1OCCOc1ccc(C)cc1C. The van der Waals surface area contributed by atoms with E-state index in [4.69, 9.17) is 31.2 Å². The van der Waals surface area contributed by atoms with E-state index in [1.54, 1.807) is 18.2 Å². The molecular formula is C27H29ClN4O4S. The Bertz CT molecular complexity index is 1340. The smallest absolute Gasteiger partial charge is 0.283 e. The van der Waals surface area contributed by atoms with Crippen LogP contribution in [0, 0.1) is 25.2 Å². The monoisotopic (exact) mass is 540 g/mol. The zero-order valence-electron chi connectivity index (χ0n) is 21.4. The van der Waals surface area contributed by atoms with Gasteiger partial charge in [-0.1, -0.05) is 43.1 Å². The minimum Gasteiger partial charge on any atom is -0.490 e. The molecular weight excluding hydrogens is 512 g/mol. The summed E-state index contributed by atoms with van der Waals surface area (Å²) in [4.78, 5) is 16.9. The molecule has 2 heterocycles. The fourth-order valence-corrected chi connectivity index (χ4v) is 4.90. The van der Waals surface area contributed by atoms with Gasteiger partial charge in [0.25, 0.3) is 5.91 Å². The first-order chi connectivity index (χ1) is 17.7. The van der Waals surface area contributed by atoms with Crippen LogP contribution in [0.5, 0.6) is 17.2 Å². The second-order valence-corrected chi connectivity index (χ2v) is 10.2. The maximum Gasteiger partial charge on any atom is 0.283 e. The molecule has 0 fully saturated rings. The highest BCUT2D eigenvalue weighted by atomic mass is 35.5. The van der Waals surface area contributed by atoms with Gasteiger partial charge in [0, 0.05) is 5.92 Å². The number of nitrogens with zero attached hydrogens (tertiary/aromatic N) is 3. The van der Waals surface area contributed by atoms with Gasteiger partial charge in [0.2, 0.25) is 5.17 Å². The standard InChI is InChI=1S/C27H29ClN4O4S/c1-6-34-22-14-18(12-19-24(29)32-27(30-25(19)33)37-26(31-32)15(2)3)13-20(28)23(22)36-10-9-35-21-8-7-16(4)11-17(21)5/h7-8,11-15,29H,6,9-10H2,1-5H3. The van der Waals surface area contributed by atoms with Crippen molar-refractivity contribution in [3.63, 3.8) is 0 Å². The summed E-state index contributed by atoms with van der Waals surface area (Å²) >= 11 is 7.88. The van der Waals surface area contributed by atoms with Gasteiger partial charge in [0.1, 0.15) is 24.0 Å². The minimum absolute atomic E-state index is 0.0314. The van der Waals surface area contributed by atoms with Gasteiger partial charge in [-0.15, -0.1) is 0 Å². The minimum atomic E-state index is -0.498. The predicted molar refractivity (Wildman–Crippen MR) is 149 cm³/mol. The number of carbonyl (C=O) groups is 1. The third-order valence-corrected chi connectivity index (χ3v) is 7.01. The molecule has 37 heavy (non-hydrogen) atoms. The number of hydrazone groups is 1. The van der Waals surface area contributed by atoms with Crippen LogP contribution in [-0.4, -0.2) is 46.8 Å². The highest BCUT2D eigenvalue weighted by Gasteiger charge is 2.36. The van der Waals surface area contributed by atoms with E-state index in [9.17, 15) is 4.79 Å². The molecule has 10 heteroatoms. The van der Waals surface area contributed by atoms with Gasteiger partial charge in [-0.25, -0.2) is 0 Å². The molecule has 4 rings (SSSR count). The first kappa shape index (κ1) is 26.8. The first-order valence-corrected chi connectivity index (χ1v) is 13.2. The lowest BCUT2D eigenvalue weighted by Gasteiger charge is -2.20. The second-order valence-electron chi connectivity index (χ2n) is 8.84. The van der Waals surface area contributed by atoms with Crippen LogP contribution in [0.25, 0.3) is 6.08 Å². The number of hydrogen-bond donors (Lipinski definition) is 1. The van der Waals surface area contributed by atoms with Crippen molar-refractivity contribution >= 4 is 51.4 Å². The Morgan fingerprint density at radius 3 is 2.57 bits per heavy atom. The summed E-state index contributed by atoms with van der Waals surface area (Å²) in [6.07, 6.45) is 1.57. The van der Waals surface area contributed by atoms with Crippen molar-refractivity contribution in [3.05, 3.63) is 57.6 Å². The maximum absolute atomic E-state index is 12.7. The molecule has 194 valence electrons. The van der Waals surface area contributed by atoms with Crippen molar-refractivity contribution in [2.45, 2.75) is 34.6 Å². The zero-order valence-corrected chi connectivity index (χ0v) is 23.0. The van der Waals surface area contributed by atoms with Gasteiger partial charge in [-0.05, 0) is 67.9 Å². The van der Waals surface area contributed by atoms with Crippen molar-refractivity contribution in [1.29, 1.82) is 5.41 Å². The molecule has 1 amide bonds. The number of rotatable bonds is 9. The molecule has 0 aliphatic carbocycles. The fourth-order valence-electron chi connectivity index (χ4n) is 3.74. The lowest BCUT2D eigenvalue weighted by Crippen LogP contribution is -2.35. The van der Waals surface area contributed by atoms with Gasteiger partial charge in [0.05, 0.1) is 17.2 Å². The molecule has 0 radical (unpaired) electrons. The van der Waals surface area contributed by atoms with Crippen LogP contribution in [0.3, 0.4) is 0 Å². The number of amidine groups is 2. The van der Waals surface area contributed by atoms with E-state index in [-0.39, 0.29) is 23.9 Å². The van der Waals surface area contributed by atoms with E-state index < -0.39 is 5.91 Å². The van der Waals surface area contributed by atoms with Crippen molar-refractivity contribution < 1.29 is 19.0 Å². The fraction of sp³-hybridized carbons (Fsp3) is 0.333. The number of halogens is 1. The maximum atomic E-state index is 12.7. The zero-order chi connectivity index (χ0) is 26.7. The van der Waals surface area contributed by atoms with Crippen molar-refractivity contribution in [3.8, 4) is 17.2 Å². The van der Waals surface area contributed by atoms with Crippen LogP contribution in [0.15, 0.2) is 46.0 Å². The second kappa shape index (κ2) is 11.4. The molecule has 0 bridgehead atoms. The van der Waals surface area contributed by atoms with Gasteiger partial charge in [0.15, 0.2) is 17.3 Å². The number of nitrogens with one attached hydrogen (secondary N) is 1. The van der Waals surface area contributed by atoms with Crippen LogP contribution >= 0.6 is 23.4 Å². The van der Waals surface area contributed by atoms with E-state index in [2.05, 4.69) is 16.2 Å². The molecule has 1 N–H and O–H groups in total. The predicted octanol–water partition coefficient (Wildman–Crippen LogP) is 6.09. The molecule has 0 saturated heterocycles. The molecule has 0 saturated carbocycles. The molecule has 0 unspecified atom stereocenters. The van der Waals surface area contributed by atoms with E-state index in [1.165, 1.54) is 22.3 Å². The lowest BCUT2D eigenvalue weighted by atomic mass is 10.1. The number of ether oxygens (including phenoxy) is 3. The normalized spacial score (nSPS) is 16.2.